The van der Waals surface area contributed by atoms with E-state index >= 15 is 0 Å². The van der Waals surface area contributed by atoms with E-state index in [-0.39, 0.29) is 24.3 Å². The number of hydrogen-bond acceptors (Lipinski definition) is 4. The molecule has 2 aromatic carbocycles. The van der Waals surface area contributed by atoms with Gasteiger partial charge in [-0.2, -0.15) is 0 Å². The Bertz CT molecular complexity index is 998. The highest BCUT2D eigenvalue weighted by Crippen LogP contribution is 2.24. The summed E-state index contributed by atoms with van der Waals surface area (Å²) in [5, 5.41) is 2.94. The Morgan fingerprint density at radius 3 is 2.47 bits per heavy atom. The predicted octanol–water partition coefficient (Wildman–Crippen LogP) is 2.45. The van der Waals surface area contributed by atoms with Crippen LogP contribution in [0.5, 0.6) is 0 Å². The van der Waals surface area contributed by atoms with Crippen LogP contribution in [0.25, 0.3) is 0 Å². The number of nitrogens with one attached hydrogen (secondary N) is 1. The van der Waals surface area contributed by atoms with E-state index in [2.05, 4.69) is 10.2 Å². The Morgan fingerprint density at radius 2 is 1.75 bits per heavy atom. The first-order valence-corrected chi connectivity index (χ1v) is 11.2. The number of amides is 3. The van der Waals surface area contributed by atoms with E-state index < -0.39 is 0 Å². The molecule has 0 bridgehead atoms. The highest BCUT2D eigenvalue weighted by molar-refractivity contribution is 5.97. The number of anilines is 2. The van der Waals surface area contributed by atoms with Gasteiger partial charge in [0, 0.05) is 50.5 Å². The standard InChI is InChI=1S/C25H30N4O3/c1-19-6-2-3-7-20(19)16-25(32)28-14-12-27(13-15-28)18-23(30)26-21-8-4-9-22(17-21)29-11-5-10-24(29)31/h2-4,6-9,17H,5,10-16,18H2,1H3,(H,26,30). The van der Waals surface area contributed by atoms with Crippen LogP contribution in [0.3, 0.4) is 0 Å². The van der Waals surface area contributed by atoms with Gasteiger partial charge in [-0.15, -0.1) is 0 Å². The Morgan fingerprint density at radius 1 is 0.969 bits per heavy atom. The molecular formula is C25H30N4O3. The summed E-state index contributed by atoms with van der Waals surface area (Å²) < 4.78 is 0. The van der Waals surface area contributed by atoms with Gasteiger partial charge in [-0.1, -0.05) is 30.3 Å². The van der Waals surface area contributed by atoms with Crippen molar-refractivity contribution in [2.24, 2.45) is 0 Å². The molecule has 0 unspecified atom stereocenters. The van der Waals surface area contributed by atoms with Gasteiger partial charge in [0.1, 0.15) is 0 Å². The first-order valence-electron chi connectivity index (χ1n) is 11.2. The number of benzene rings is 2. The summed E-state index contributed by atoms with van der Waals surface area (Å²) >= 11 is 0. The average Bonchev–Trinajstić information content (AvgIpc) is 3.22. The van der Waals surface area contributed by atoms with Crippen molar-refractivity contribution in [3.05, 3.63) is 59.7 Å². The topological polar surface area (TPSA) is 73.0 Å². The van der Waals surface area contributed by atoms with Crippen molar-refractivity contribution in [3.8, 4) is 0 Å². The van der Waals surface area contributed by atoms with E-state index in [1.165, 1.54) is 0 Å². The minimum atomic E-state index is -0.0883. The molecule has 168 valence electrons. The molecule has 0 saturated carbocycles. The van der Waals surface area contributed by atoms with Crippen LogP contribution in [0.4, 0.5) is 11.4 Å². The number of rotatable bonds is 6. The van der Waals surface area contributed by atoms with Crippen molar-refractivity contribution < 1.29 is 14.4 Å². The van der Waals surface area contributed by atoms with E-state index in [1.807, 2.05) is 60.4 Å². The van der Waals surface area contributed by atoms with Gasteiger partial charge in [0.05, 0.1) is 13.0 Å². The molecule has 0 aliphatic carbocycles. The summed E-state index contributed by atoms with van der Waals surface area (Å²) in [5.74, 6) is 0.176. The lowest BCUT2D eigenvalue weighted by atomic mass is 10.1. The van der Waals surface area contributed by atoms with Crippen molar-refractivity contribution in [2.75, 3.05) is 49.5 Å². The Kier molecular flexibility index (Phi) is 6.85. The molecule has 2 aromatic rings. The first-order chi connectivity index (χ1) is 15.5. The fourth-order valence-corrected chi connectivity index (χ4v) is 4.31. The maximum atomic E-state index is 12.7. The molecule has 0 spiro atoms. The van der Waals surface area contributed by atoms with Crippen LogP contribution in [0.1, 0.15) is 24.0 Å². The molecule has 4 rings (SSSR count). The largest absolute Gasteiger partial charge is 0.340 e. The van der Waals surface area contributed by atoms with E-state index in [0.29, 0.717) is 44.7 Å². The molecule has 32 heavy (non-hydrogen) atoms. The zero-order valence-electron chi connectivity index (χ0n) is 18.5. The lowest BCUT2D eigenvalue weighted by Gasteiger charge is -2.34. The van der Waals surface area contributed by atoms with Crippen molar-refractivity contribution in [2.45, 2.75) is 26.2 Å². The van der Waals surface area contributed by atoms with Crippen molar-refractivity contribution in [3.63, 3.8) is 0 Å². The van der Waals surface area contributed by atoms with Crippen LogP contribution in [-0.4, -0.2) is 66.8 Å². The zero-order valence-corrected chi connectivity index (χ0v) is 18.5. The lowest BCUT2D eigenvalue weighted by molar-refractivity contribution is -0.132. The molecule has 3 amide bonds. The van der Waals surface area contributed by atoms with Crippen LogP contribution in [0.2, 0.25) is 0 Å². The Labute approximate surface area is 189 Å². The molecule has 0 atom stereocenters. The van der Waals surface area contributed by atoms with Gasteiger partial charge in [0.15, 0.2) is 0 Å². The third kappa shape index (κ3) is 5.34. The maximum absolute atomic E-state index is 12.7. The summed E-state index contributed by atoms with van der Waals surface area (Å²) in [5.41, 5.74) is 3.72. The highest BCUT2D eigenvalue weighted by Gasteiger charge is 2.24. The molecule has 2 aliphatic rings. The van der Waals surface area contributed by atoms with Gasteiger partial charge in [0.2, 0.25) is 17.7 Å². The summed E-state index contributed by atoms with van der Waals surface area (Å²) in [6.45, 7) is 5.65. The van der Waals surface area contributed by atoms with Gasteiger partial charge in [-0.25, -0.2) is 0 Å². The summed E-state index contributed by atoms with van der Waals surface area (Å²) in [6.07, 6.45) is 1.87. The molecule has 2 saturated heterocycles. The molecule has 7 heteroatoms. The average molecular weight is 435 g/mol. The Hall–Kier alpha value is -3.19. The van der Waals surface area contributed by atoms with Gasteiger partial charge in [-0.05, 0) is 42.7 Å². The number of hydrogen-bond donors (Lipinski definition) is 1. The van der Waals surface area contributed by atoms with E-state index in [9.17, 15) is 14.4 Å². The summed E-state index contributed by atoms with van der Waals surface area (Å²) in [4.78, 5) is 42.9. The molecule has 0 aromatic heterocycles. The monoisotopic (exact) mass is 434 g/mol. The second-order valence-corrected chi connectivity index (χ2v) is 8.51. The minimum Gasteiger partial charge on any atom is -0.340 e. The Balaban J connectivity index is 1.25. The molecule has 2 heterocycles. The van der Waals surface area contributed by atoms with Gasteiger partial charge in [-0.3, -0.25) is 19.3 Å². The van der Waals surface area contributed by atoms with Crippen LogP contribution >= 0.6 is 0 Å². The summed E-state index contributed by atoms with van der Waals surface area (Å²) in [6, 6.07) is 15.4. The normalized spacial score (nSPS) is 17.0. The van der Waals surface area contributed by atoms with Crippen molar-refractivity contribution in [1.29, 1.82) is 0 Å². The number of piperazine rings is 1. The van der Waals surface area contributed by atoms with Gasteiger partial charge in [0.25, 0.3) is 0 Å². The minimum absolute atomic E-state index is 0.0883. The van der Waals surface area contributed by atoms with Crippen LogP contribution in [0.15, 0.2) is 48.5 Å². The molecule has 0 radical (unpaired) electrons. The molecule has 2 aliphatic heterocycles. The van der Waals surface area contributed by atoms with E-state index in [4.69, 9.17) is 0 Å². The van der Waals surface area contributed by atoms with Gasteiger partial charge < -0.3 is 15.1 Å². The number of carbonyl (C=O) groups excluding carboxylic acids is 3. The quantitative estimate of drug-likeness (QED) is 0.758. The van der Waals surface area contributed by atoms with E-state index in [0.717, 1.165) is 29.8 Å². The number of aryl methyl sites for hydroxylation is 1. The summed E-state index contributed by atoms with van der Waals surface area (Å²) in [7, 11) is 0. The third-order valence-electron chi connectivity index (χ3n) is 6.21. The fraction of sp³-hybridized carbons (Fsp3) is 0.400. The third-order valence-corrected chi connectivity index (χ3v) is 6.21. The lowest BCUT2D eigenvalue weighted by Crippen LogP contribution is -2.50. The highest BCUT2D eigenvalue weighted by atomic mass is 16.2. The molecule has 2 fully saturated rings. The zero-order chi connectivity index (χ0) is 22.5. The molecule has 7 nitrogen and oxygen atoms in total. The smallest absolute Gasteiger partial charge is 0.238 e. The second-order valence-electron chi connectivity index (χ2n) is 8.51. The van der Waals surface area contributed by atoms with Gasteiger partial charge >= 0.3 is 0 Å². The van der Waals surface area contributed by atoms with Crippen molar-refractivity contribution >= 4 is 29.1 Å². The fourth-order valence-electron chi connectivity index (χ4n) is 4.31. The van der Waals surface area contributed by atoms with Crippen molar-refractivity contribution in [1.82, 2.24) is 9.80 Å². The molecule has 1 N–H and O–H groups in total. The molecular weight excluding hydrogens is 404 g/mol. The maximum Gasteiger partial charge on any atom is 0.238 e. The number of carbonyl (C=O) groups is 3. The predicted molar refractivity (Wildman–Crippen MR) is 125 cm³/mol. The second kappa shape index (κ2) is 9.96. The van der Waals surface area contributed by atoms with Crippen LogP contribution in [0, 0.1) is 6.92 Å². The van der Waals surface area contributed by atoms with Crippen LogP contribution < -0.4 is 10.2 Å². The first kappa shape index (κ1) is 22.0. The van der Waals surface area contributed by atoms with E-state index in [1.54, 1.807) is 4.90 Å². The SMILES string of the molecule is Cc1ccccc1CC(=O)N1CCN(CC(=O)Nc2cccc(N3CCCC3=O)c2)CC1. The number of nitrogens with zero attached hydrogens (tertiary/aromatic N) is 3. The van der Waals surface area contributed by atoms with Crippen LogP contribution in [-0.2, 0) is 20.8 Å².